The third-order valence-corrected chi connectivity index (χ3v) is 4.08. The summed E-state index contributed by atoms with van der Waals surface area (Å²) in [6.07, 6.45) is 0. The molecule has 0 saturated heterocycles. The molecule has 0 aliphatic carbocycles. The van der Waals surface area contributed by atoms with E-state index >= 15 is 0 Å². The zero-order chi connectivity index (χ0) is 20.7. The fourth-order valence-electron chi connectivity index (χ4n) is 2.93. The van der Waals surface area contributed by atoms with Crippen molar-refractivity contribution in [3.05, 3.63) is 57.2 Å². The number of benzene rings is 2. The maximum absolute atomic E-state index is 14.7. The first-order chi connectivity index (χ1) is 13.1. The number of fused-ring (bicyclic) bond motifs is 2. The molecule has 2 heterocycles. The molecule has 0 atom stereocenters. The number of halogens is 6. The highest BCUT2D eigenvalue weighted by atomic mass is 19.2. The smallest absolute Gasteiger partial charge is 0.350 e. The van der Waals surface area contributed by atoms with Crippen molar-refractivity contribution in [2.45, 2.75) is 0 Å². The molecule has 2 aromatic rings. The topological polar surface area (TPSA) is 86.7 Å². The van der Waals surface area contributed by atoms with Gasteiger partial charge < -0.3 is 9.47 Å². The van der Waals surface area contributed by atoms with E-state index in [0.717, 1.165) is 0 Å². The average Bonchev–Trinajstić information content (AvgIpc) is 3.09. The summed E-state index contributed by atoms with van der Waals surface area (Å²) in [5, 5.41) is 0. The van der Waals surface area contributed by atoms with Crippen molar-refractivity contribution in [3.63, 3.8) is 0 Å². The van der Waals surface area contributed by atoms with Gasteiger partial charge in [0.1, 0.15) is 22.5 Å². The van der Waals surface area contributed by atoms with Gasteiger partial charge >= 0.3 is 23.9 Å². The Morgan fingerprint density at radius 1 is 0.357 bits per heavy atom. The first-order valence-electron chi connectivity index (χ1n) is 7.02. The second-order valence-electron chi connectivity index (χ2n) is 5.49. The second-order valence-corrected chi connectivity index (χ2v) is 5.49. The fraction of sp³-hybridized carbons (Fsp3) is 0. The van der Waals surface area contributed by atoms with E-state index in [2.05, 4.69) is 9.47 Å². The third-order valence-electron chi connectivity index (χ3n) is 4.08. The van der Waals surface area contributed by atoms with Crippen molar-refractivity contribution in [3.8, 4) is 11.1 Å². The Labute approximate surface area is 148 Å². The van der Waals surface area contributed by atoms with Gasteiger partial charge in [-0.1, -0.05) is 0 Å². The molecule has 0 aromatic heterocycles. The minimum Gasteiger partial charge on any atom is -0.386 e. The van der Waals surface area contributed by atoms with Crippen molar-refractivity contribution >= 4 is 23.9 Å². The maximum Gasteiger partial charge on any atom is 0.350 e. The summed E-state index contributed by atoms with van der Waals surface area (Å²) in [6.45, 7) is 0. The molecule has 6 nitrogen and oxygen atoms in total. The molecular formula is C16F6O6. The molecule has 2 aliphatic rings. The summed E-state index contributed by atoms with van der Waals surface area (Å²) in [6, 6.07) is 0. The molecule has 12 heteroatoms. The first kappa shape index (κ1) is 17.7. The molecular weight excluding hydrogens is 402 g/mol. The van der Waals surface area contributed by atoms with Gasteiger partial charge in [-0.2, -0.15) is 0 Å². The standard InChI is InChI=1S/C16F6O6/c17-7-3(9(19)10(20)6-5(7)15(25)28-16(6)26)1-2-4(14(24)27-13(2)23)11(21)12(22)8(1)18. The summed E-state index contributed by atoms with van der Waals surface area (Å²) in [5.41, 5.74) is -9.32. The number of carbonyl (C=O) groups is 4. The summed E-state index contributed by atoms with van der Waals surface area (Å²) in [7, 11) is 0. The van der Waals surface area contributed by atoms with E-state index in [-0.39, 0.29) is 0 Å². The second kappa shape index (κ2) is 5.41. The number of ether oxygens (including phenoxy) is 2. The summed E-state index contributed by atoms with van der Waals surface area (Å²) in [4.78, 5) is 46.2. The Kier molecular flexibility index (Phi) is 3.42. The number of cyclic esters (lactones) is 4. The largest absolute Gasteiger partial charge is 0.386 e. The predicted octanol–water partition coefficient (Wildman–Crippen LogP) is 2.81. The van der Waals surface area contributed by atoms with E-state index in [1.54, 1.807) is 0 Å². The van der Waals surface area contributed by atoms with Crippen molar-refractivity contribution in [2.24, 2.45) is 0 Å². The van der Waals surface area contributed by atoms with Crippen LogP contribution in [0.25, 0.3) is 11.1 Å². The van der Waals surface area contributed by atoms with Crippen LogP contribution in [0.4, 0.5) is 26.3 Å². The summed E-state index contributed by atoms with van der Waals surface area (Å²) >= 11 is 0. The Morgan fingerprint density at radius 3 is 1.21 bits per heavy atom. The minimum absolute atomic E-state index is 1.42. The molecule has 0 N–H and O–H groups in total. The van der Waals surface area contributed by atoms with Gasteiger partial charge in [-0.25, -0.2) is 45.5 Å². The van der Waals surface area contributed by atoms with Gasteiger partial charge in [-0.3, -0.25) is 0 Å². The molecule has 0 spiro atoms. The fourth-order valence-corrected chi connectivity index (χ4v) is 2.93. The number of carbonyl (C=O) groups excluding carboxylic acids is 4. The van der Waals surface area contributed by atoms with Gasteiger partial charge in [0.15, 0.2) is 29.1 Å². The Hall–Kier alpha value is -3.70. The monoisotopic (exact) mass is 402 g/mol. The van der Waals surface area contributed by atoms with E-state index in [1.807, 2.05) is 0 Å². The van der Waals surface area contributed by atoms with Crippen LogP contribution in [0.2, 0.25) is 0 Å². The van der Waals surface area contributed by atoms with Gasteiger partial charge in [-0.05, 0) is 0 Å². The Bertz CT molecular complexity index is 1200. The van der Waals surface area contributed by atoms with Crippen LogP contribution < -0.4 is 0 Å². The van der Waals surface area contributed by atoms with Crippen LogP contribution in [-0.2, 0) is 9.47 Å². The molecule has 4 rings (SSSR count). The lowest BCUT2D eigenvalue weighted by Gasteiger charge is -2.13. The molecule has 0 unspecified atom stereocenters. The van der Waals surface area contributed by atoms with Gasteiger partial charge in [0.2, 0.25) is 0 Å². The van der Waals surface area contributed by atoms with Crippen molar-refractivity contribution in [2.75, 3.05) is 0 Å². The molecule has 0 amide bonds. The van der Waals surface area contributed by atoms with Gasteiger partial charge in [-0.15, -0.1) is 0 Å². The molecule has 0 fully saturated rings. The molecule has 0 saturated carbocycles. The van der Waals surface area contributed by atoms with Crippen LogP contribution in [-0.4, -0.2) is 23.9 Å². The molecule has 0 bridgehead atoms. The van der Waals surface area contributed by atoms with Crippen LogP contribution in [0.15, 0.2) is 0 Å². The Morgan fingerprint density at radius 2 is 0.679 bits per heavy atom. The number of hydrogen-bond acceptors (Lipinski definition) is 6. The molecule has 2 aliphatic heterocycles. The number of hydrogen-bond donors (Lipinski definition) is 0. The predicted molar refractivity (Wildman–Crippen MR) is 71.1 cm³/mol. The van der Waals surface area contributed by atoms with Crippen LogP contribution in [0.3, 0.4) is 0 Å². The minimum atomic E-state index is -2.42. The molecule has 28 heavy (non-hydrogen) atoms. The lowest BCUT2D eigenvalue weighted by atomic mass is 9.91. The van der Waals surface area contributed by atoms with Crippen molar-refractivity contribution in [1.29, 1.82) is 0 Å². The third kappa shape index (κ3) is 1.94. The van der Waals surface area contributed by atoms with Crippen LogP contribution >= 0.6 is 0 Å². The molecule has 142 valence electrons. The van der Waals surface area contributed by atoms with Crippen molar-refractivity contribution < 1.29 is 55.0 Å². The maximum atomic E-state index is 14.7. The van der Waals surface area contributed by atoms with Crippen LogP contribution in [0.5, 0.6) is 0 Å². The van der Waals surface area contributed by atoms with Gasteiger partial charge in [0.25, 0.3) is 0 Å². The van der Waals surface area contributed by atoms with E-state index < -0.39 is 92.2 Å². The normalized spacial score (nSPS) is 14.9. The van der Waals surface area contributed by atoms with Gasteiger partial charge in [0.05, 0.1) is 11.1 Å². The molecule has 2 aromatic carbocycles. The van der Waals surface area contributed by atoms with E-state index in [0.29, 0.717) is 0 Å². The van der Waals surface area contributed by atoms with E-state index in [1.165, 1.54) is 0 Å². The van der Waals surface area contributed by atoms with Crippen LogP contribution in [0, 0.1) is 34.9 Å². The number of esters is 4. The van der Waals surface area contributed by atoms with E-state index in [9.17, 15) is 45.5 Å². The first-order valence-corrected chi connectivity index (χ1v) is 7.02. The zero-order valence-corrected chi connectivity index (χ0v) is 12.7. The lowest BCUT2D eigenvalue weighted by Crippen LogP contribution is -2.12. The highest BCUT2D eigenvalue weighted by molar-refractivity contribution is 6.19. The highest BCUT2D eigenvalue weighted by Gasteiger charge is 2.45. The van der Waals surface area contributed by atoms with Crippen LogP contribution in [0.1, 0.15) is 41.4 Å². The van der Waals surface area contributed by atoms with Gasteiger partial charge in [0, 0.05) is 5.56 Å². The molecule has 0 radical (unpaired) electrons. The summed E-state index contributed by atoms with van der Waals surface area (Å²) in [5.74, 6) is -20.6. The summed E-state index contributed by atoms with van der Waals surface area (Å²) < 4.78 is 93.4. The lowest BCUT2D eigenvalue weighted by molar-refractivity contribution is 0.0423. The zero-order valence-electron chi connectivity index (χ0n) is 12.7. The quantitative estimate of drug-likeness (QED) is 0.240. The van der Waals surface area contributed by atoms with E-state index in [4.69, 9.17) is 0 Å². The average molecular weight is 402 g/mol. The van der Waals surface area contributed by atoms with Crippen molar-refractivity contribution in [1.82, 2.24) is 0 Å². The SMILES string of the molecule is O=C1OC(=O)c2c(F)c(-c3c(F)c(F)c(F)c4c3C(=O)OC4=O)c(F)c(F)c21. The Balaban J connectivity index is 2.22. The number of rotatable bonds is 1. The highest BCUT2D eigenvalue weighted by Crippen LogP contribution is 2.42.